The highest BCUT2D eigenvalue weighted by atomic mass is 16.5. The molecule has 2 aromatic rings. The number of hydrogen-bond acceptors (Lipinski definition) is 9. The fourth-order valence-corrected chi connectivity index (χ4v) is 5.10. The summed E-state index contributed by atoms with van der Waals surface area (Å²) in [6.07, 6.45) is 0. The van der Waals surface area contributed by atoms with Crippen molar-refractivity contribution in [2.24, 2.45) is 0 Å². The Hall–Kier alpha value is -3.83. The standard InChI is InChI=1S/C27H33N3O8/c1-15-20(16(2)28-22(15)27(34)37-5)24(31)21-23(17-6-7-18(35-3)19(14-17)36-4)30(26(33)25(21)32)9-8-29-10-12-38-13-11-29/h6-7,14,23,28,31H,8-13H2,1-5H3/t23-/m1/s1. The second kappa shape index (κ2) is 11.3. The van der Waals surface area contributed by atoms with Gasteiger partial charge in [-0.25, -0.2) is 4.79 Å². The Kier molecular flexibility index (Phi) is 8.08. The van der Waals surface area contributed by atoms with Crippen LogP contribution >= 0.6 is 0 Å². The Morgan fingerprint density at radius 3 is 2.39 bits per heavy atom. The first kappa shape index (κ1) is 27.2. The van der Waals surface area contributed by atoms with E-state index in [-0.39, 0.29) is 29.1 Å². The van der Waals surface area contributed by atoms with Crippen molar-refractivity contribution >= 4 is 23.4 Å². The van der Waals surface area contributed by atoms with Gasteiger partial charge in [-0.3, -0.25) is 14.5 Å². The lowest BCUT2D eigenvalue weighted by Crippen LogP contribution is -2.42. The lowest BCUT2D eigenvalue weighted by molar-refractivity contribution is -0.140. The highest BCUT2D eigenvalue weighted by molar-refractivity contribution is 6.46. The summed E-state index contributed by atoms with van der Waals surface area (Å²) in [6, 6.07) is 4.24. The molecule has 2 aliphatic rings. The SMILES string of the molecule is COC(=O)c1[nH]c(C)c(C(O)=C2C(=O)C(=O)N(CCN3CCOCC3)[C@@H]2c2ccc(OC)c(OC)c2)c1C. The number of aromatic nitrogens is 1. The molecule has 0 bridgehead atoms. The number of benzene rings is 1. The lowest BCUT2D eigenvalue weighted by atomic mass is 9.93. The summed E-state index contributed by atoms with van der Waals surface area (Å²) in [7, 11) is 4.27. The molecule has 2 N–H and O–H groups in total. The van der Waals surface area contributed by atoms with Crippen LogP contribution in [0.3, 0.4) is 0 Å². The Morgan fingerprint density at radius 2 is 1.76 bits per heavy atom. The number of likely N-dealkylation sites (tertiary alicyclic amines) is 1. The summed E-state index contributed by atoms with van der Waals surface area (Å²) in [4.78, 5) is 45.6. The number of nitrogens with one attached hydrogen (secondary N) is 1. The van der Waals surface area contributed by atoms with Crippen LogP contribution in [0.2, 0.25) is 0 Å². The number of Topliss-reactive ketones (excluding diaryl/α,β-unsaturated/α-hetero) is 1. The molecular formula is C27H33N3O8. The van der Waals surface area contributed by atoms with E-state index in [1.54, 1.807) is 32.0 Å². The van der Waals surface area contributed by atoms with Crippen molar-refractivity contribution in [2.75, 3.05) is 60.7 Å². The van der Waals surface area contributed by atoms with Crippen LogP contribution in [0.5, 0.6) is 11.5 Å². The fourth-order valence-electron chi connectivity index (χ4n) is 5.10. The summed E-state index contributed by atoms with van der Waals surface area (Å²) in [5, 5.41) is 11.6. The predicted octanol–water partition coefficient (Wildman–Crippen LogP) is 2.19. The van der Waals surface area contributed by atoms with Gasteiger partial charge in [-0.05, 0) is 37.1 Å². The van der Waals surface area contributed by atoms with Crippen molar-refractivity contribution in [1.29, 1.82) is 0 Å². The number of morpholine rings is 1. The molecule has 1 atom stereocenters. The first-order valence-electron chi connectivity index (χ1n) is 12.3. The van der Waals surface area contributed by atoms with Crippen LogP contribution in [0.4, 0.5) is 0 Å². The maximum atomic E-state index is 13.5. The van der Waals surface area contributed by atoms with Gasteiger partial charge < -0.3 is 33.9 Å². The molecule has 3 heterocycles. The van der Waals surface area contributed by atoms with Crippen molar-refractivity contribution < 1.29 is 38.4 Å². The number of carbonyl (C=O) groups is 3. The van der Waals surface area contributed by atoms with Crippen LogP contribution in [0.15, 0.2) is 23.8 Å². The average Bonchev–Trinajstić information content (AvgIpc) is 3.37. The second-order valence-corrected chi connectivity index (χ2v) is 9.18. The fraction of sp³-hybridized carbons (Fsp3) is 0.444. The van der Waals surface area contributed by atoms with Gasteiger partial charge in [-0.1, -0.05) is 6.07 Å². The number of H-pyrrole nitrogens is 1. The summed E-state index contributed by atoms with van der Waals surface area (Å²) in [5.74, 6) is -1.57. The van der Waals surface area contributed by atoms with Crippen LogP contribution in [-0.2, 0) is 19.1 Å². The number of ether oxygens (including phenoxy) is 4. The maximum absolute atomic E-state index is 13.5. The number of aliphatic hydroxyl groups is 1. The van der Waals surface area contributed by atoms with Gasteiger partial charge in [-0.2, -0.15) is 0 Å². The molecule has 0 spiro atoms. The molecule has 0 saturated carbocycles. The zero-order valence-electron chi connectivity index (χ0n) is 22.3. The van der Waals surface area contributed by atoms with E-state index in [1.165, 1.54) is 26.2 Å². The molecule has 38 heavy (non-hydrogen) atoms. The predicted molar refractivity (Wildman–Crippen MR) is 137 cm³/mol. The number of amides is 1. The van der Waals surface area contributed by atoms with E-state index in [4.69, 9.17) is 18.9 Å². The van der Waals surface area contributed by atoms with Gasteiger partial charge in [0.15, 0.2) is 11.5 Å². The Morgan fingerprint density at radius 1 is 1.08 bits per heavy atom. The van der Waals surface area contributed by atoms with E-state index in [9.17, 15) is 19.5 Å². The van der Waals surface area contributed by atoms with Crippen molar-refractivity contribution in [3.63, 3.8) is 0 Å². The zero-order chi connectivity index (χ0) is 27.6. The second-order valence-electron chi connectivity index (χ2n) is 9.18. The third-order valence-electron chi connectivity index (χ3n) is 7.09. The van der Waals surface area contributed by atoms with Crippen LogP contribution in [0.25, 0.3) is 5.76 Å². The van der Waals surface area contributed by atoms with Gasteiger partial charge in [0.05, 0.1) is 46.2 Å². The number of rotatable bonds is 8. The quantitative estimate of drug-likeness (QED) is 0.230. The number of esters is 1. The van der Waals surface area contributed by atoms with Gasteiger partial charge in [-0.15, -0.1) is 0 Å². The largest absolute Gasteiger partial charge is 0.507 e. The molecule has 1 amide bonds. The highest BCUT2D eigenvalue weighted by Gasteiger charge is 2.46. The minimum Gasteiger partial charge on any atom is -0.507 e. The molecule has 11 heteroatoms. The van der Waals surface area contributed by atoms with Crippen molar-refractivity contribution in [3.05, 3.63) is 51.9 Å². The molecular weight excluding hydrogens is 494 g/mol. The van der Waals surface area contributed by atoms with Gasteiger partial charge in [0.1, 0.15) is 11.5 Å². The van der Waals surface area contributed by atoms with E-state index >= 15 is 0 Å². The number of aryl methyl sites for hydroxylation is 1. The zero-order valence-corrected chi connectivity index (χ0v) is 22.3. The van der Waals surface area contributed by atoms with Gasteiger partial charge in [0.2, 0.25) is 0 Å². The minimum atomic E-state index is -0.883. The lowest BCUT2D eigenvalue weighted by Gasteiger charge is -2.31. The number of nitrogens with zero attached hydrogens (tertiary/aromatic N) is 2. The Bertz CT molecular complexity index is 1280. The molecule has 1 aromatic carbocycles. The molecule has 0 radical (unpaired) electrons. The Balaban J connectivity index is 1.84. The third kappa shape index (κ3) is 4.86. The molecule has 0 unspecified atom stereocenters. The molecule has 0 aliphatic carbocycles. The van der Waals surface area contributed by atoms with E-state index in [0.29, 0.717) is 48.1 Å². The summed E-state index contributed by atoms with van der Waals surface area (Å²) in [6.45, 7) is 6.78. The summed E-state index contributed by atoms with van der Waals surface area (Å²) < 4.78 is 21.1. The van der Waals surface area contributed by atoms with E-state index < -0.39 is 23.7 Å². The van der Waals surface area contributed by atoms with Gasteiger partial charge >= 0.3 is 5.97 Å². The van der Waals surface area contributed by atoms with E-state index in [0.717, 1.165) is 13.1 Å². The number of methoxy groups -OCH3 is 3. The van der Waals surface area contributed by atoms with Gasteiger partial charge in [0.25, 0.3) is 11.7 Å². The minimum absolute atomic E-state index is 0.0641. The molecule has 204 valence electrons. The Labute approximate surface area is 220 Å². The number of aliphatic hydroxyl groups excluding tert-OH is 1. The van der Waals surface area contributed by atoms with Crippen LogP contribution in [0, 0.1) is 13.8 Å². The van der Waals surface area contributed by atoms with E-state index in [2.05, 4.69) is 9.88 Å². The first-order valence-corrected chi connectivity index (χ1v) is 12.3. The number of carbonyl (C=O) groups excluding carboxylic acids is 3. The monoisotopic (exact) mass is 527 g/mol. The van der Waals surface area contributed by atoms with Crippen LogP contribution in [-0.4, -0.2) is 98.3 Å². The number of ketones is 1. The van der Waals surface area contributed by atoms with Gasteiger partial charge in [0, 0.05) is 37.4 Å². The van der Waals surface area contributed by atoms with Crippen LogP contribution in [0.1, 0.15) is 38.9 Å². The molecule has 11 nitrogen and oxygen atoms in total. The average molecular weight is 528 g/mol. The van der Waals surface area contributed by atoms with Crippen molar-refractivity contribution in [1.82, 2.24) is 14.8 Å². The smallest absolute Gasteiger partial charge is 0.354 e. The maximum Gasteiger partial charge on any atom is 0.354 e. The van der Waals surface area contributed by atoms with Crippen molar-refractivity contribution in [2.45, 2.75) is 19.9 Å². The third-order valence-corrected chi connectivity index (χ3v) is 7.09. The van der Waals surface area contributed by atoms with E-state index in [1.807, 2.05) is 0 Å². The molecule has 2 saturated heterocycles. The highest BCUT2D eigenvalue weighted by Crippen LogP contribution is 2.43. The summed E-state index contributed by atoms with van der Waals surface area (Å²) in [5.41, 5.74) is 1.83. The molecule has 2 aliphatic heterocycles. The van der Waals surface area contributed by atoms with Crippen molar-refractivity contribution in [3.8, 4) is 11.5 Å². The number of hydrogen-bond donors (Lipinski definition) is 2. The summed E-state index contributed by atoms with van der Waals surface area (Å²) >= 11 is 0. The number of aromatic amines is 1. The first-order chi connectivity index (χ1) is 18.2. The topological polar surface area (TPSA) is 131 Å². The molecule has 4 rings (SSSR count). The molecule has 1 aromatic heterocycles. The normalized spacial score (nSPS) is 19.6. The molecule has 2 fully saturated rings. The van der Waals surface area contributed by atoms with Crippen LogP contribution < -0.4 is 9.47 Å².